The second-order valence-electron chi connectivity index (χ2n) is 8.13. The van der Waals surface area contributed by atoms with Gasteiger partial charge in [-0.15, -0.1) is 0 Å². The lowest BCUT2D eigenvalue weighted by atomic mass is 10.1. The van der Waals surface area contributed by atoms with E-state index in [4.69, 9.17) is 16.6 Å². The number of rotatable bonds is 6. The van der Waals surface area contributed by atoms with E-state index in [1.165, 1.54) is 5.52 Å². The highest BCUT2D eigenvalue weighted by molar-refractivity contribution is 6.35. The number of aromatic nitrogens is 5. The summed E-state index contributed by atoms with van der Waals surface area (Å²) in [6.45, 7) is 1.67. The van der Waals surface area contributed by atoms with Crippen LogP contribution in [0, 0.1) is 0 Å². The largest absolute Gasteiger partial charge is 0.350 e. The summed E-state index contributed by atoms with van der Waals surface area (Å²) in [4.78, 5) is 11.3. The first-order valence-electron chi connectivity index (χ1n) is 10.4. The lowest BCUT2D eigenvalue weighted by Crippen LogP contribution is -2.18. The van der Waals surface area contributed by atoms with Crippen LogP contribution < -0.4 is 5.32 Å². The first-order chi connectivity index (χ1) is 15.5. The van der Waals surface area contributed by atoms with Gasteiger partial charge in [-0.05, 0) is 38.4 Å². The zero-order chi connectivity index (χ0) is 22.2. The molecule has 3 heterocycles. The zero-order valence-electron chi connectivity index (χ0n) is 18.2. The topological polar surface area (TPSA) is 63.8 Å². The number of hydrogen-bond donors (Lipinski definition) is 1. The molecule has 0 aliphatic heterocycles. The van der Waals surface area contributed by atoms with Crippen molar-refractivity contribution in [3.63, 3.8) is 0 Å². The van der Waals surface area contributed by atoms with E-state index in [1.807, 2.05) is 62.4 Å². The average Bonchev–Trinajstić information content (AvgIpc) is 3.34. The van der Waals surface area contributed by atoms with Crippen LogP contribution in [0.2, 0.25) is 5.02 Å². The van der Waals surface area contributed by atoms with Gasteiger partial charge in [0.15, 0.2) is 0 Å². The number of nitrogens with one attached hydrogen (secondary N) is 1. The van der Waals surface area contributed by atoms with Crippen LogP contribution in [-0.2, 0) is 13.6 Å². The number of fused-ring (bicyclic) bond motifs is 2. The smallest absolute Gasteiger partial charge is 0.227 e. The quantitative estimate of drug-likeness (QED) is 0.401. The van der Waals surface area contributed by atoms with Gasteiger partial charge in [0.1, 0.15) is 0 Å². The molecule has 2 aromatic carbocycles. The molecule has 0 fully saturated rings. The van der Waals surface area contributed by atoms with Crippen LogP contribution in [0.15, 0.2) is 61.1 Å². The summed E-state index contributed by atoms with van der Waals surface area (Å²) in [5, 5.41) is 10.6. The Balaban J connectivity index is 1.46. The second-order valence-corrected chi connectivity index (χ2v) is 8.54. The Labute approximate surface area is 191 Å². The van der Waals surface area contributed by atoms with E-state index in [2.05, 4.69) is 43.2 Å². The summed E-state index contributed by atoms with van der Waals surface area (Å²) in [5.74, 6) is 0.519. The number of para-hydroxylation sites is 1. The fourth-order valence-corrected chi connectivity index (χ4v) is 4.29. The SMILES string of the molecule is CN(C)CCn1ncc2cc(Nc3nccc(-c4cn(C)c5ccccc45)n3)cc(Cl)c21. The summed E-state index contributed by atoms with van der Waals surface area (Å²) >= 11 is 6.63. The summed E-state index contributed by atoms with van der Waals surface area (Å²) in [5.41, 5.74) is 4.86. The third-order valence-corrected chi connectivity index (χ3v) is 5.82. The van der Waals surface area contributed by atoms with Gasteiger partial charge in [-0.3, -0.25) is 4.68 Å². The molecule has 0 atom stereocenters. The van der Waals surface area contributed by atoms with Crippen molar-refractivity contribution in [2.24, 2.45) is 7.05 Å². The monoisotopic (exact) mass is 445 g/mol. The Morgan fingerprint density at radius 2 is 1.97 bits per heavy atom. The number of aryl methyl sites for hydroxylation is 1. The van der Waals surface area contributed by atoms with Gasteiger partial charge in [-0.25, -0.2) is 9.97 Å². The van der Waals surface area contributed by atoms with Crippen molar-refractivity contribution in [2.45, 2.75) is 6.54 Å². The number of hydrogen-bond acceptors (Lipinski definition) is 5. The molecule has 0 amide bonds. The molecular formula is C24H24ClN7. The number of halogens is 1. The van der Waals surface area contributed by atoms with Crippen molar-refractivity contribution < 1.29 is 0 Å². The Kier molecular flexibility index (Phi) is 5.28. The van der Waals surface area contributed by atoms with E-state index >= 15 is 0 Å². The molecule has 3 aromatic heterocycles. The Bertz CT molecular complexity index is 1420. The molecule has 0 aliphatic carbocycles. The highest BCUT2D eigenvalue weighted by Crippen LogP contribution is 2.31. The van der Waals surface area contributed by atoms with E-state index in [9.17, 15) is 0 Å². The minimum Gasteiger partial charge on any atom is -0.350 e. The molecule has 5 aromatic rings. The Morgan fingerprint density at radius 3 is 2.81 bits per heavy atom. The molecule has 8 heteroatoms. The maximum absolute atomic E-state index is 6.63. The fraction of sp³-hybridized carbons (Fsp3) is 0.208. The maximum atomic E-state index is 6.63. The van der Waals surface area contributed by atoms with Crippen molar-refractivity contribution in [1.29, 1.82) is 0 Å². The molecule has 0 radical (unpaired) electrons. The lowest BCUT2D eigenvalue weighted by molar-refractivity contribution is 0.377. The molecule has 162 valence electrons. The van der Waals surface area contributed by atoms with Gasteiger partial charge in [-0.1, -0.05) is 29.8 Å². The molecule has 5 rings (SSSR count). The highest BCUT2D eigenvalue weighted by atomic mass is 35.5. The van der Waals surface area contributed by atoms with Crippen molar-refractivity contribution in [2.75, 3.05) is 26.0 Å². The van der Waals surface area contributed by atoms with Gasteiger partial charge in [-0.2, -0.15) is 5.10 Å². The Hall–Kier alpha value is -3.42. The third kappa shape index (κ3) is 3.81. The predicted octanol–water partition coefficient (Wildman–Crippen LogP) is 4.94. The Morgan fingerprint density at radius 1 is 1.12 bits per heavy atom. The summed E-state index contributed by atoms with van der Waals surface area (Å²) in [6, 6.07) is 14.2. The summed E-state index contributed by atoms with van der Waals surface area (Å²) in [7, 11) is 6.13. The lowest BCUT2D eigenvalue weighted by Gasteiger charge is -2.11. The van der Waals surface area contributed by atoms with Crippen LogP contribution in [0.25, 0.3) is 33.1 Å². The summed E-state index contributed by atoms with van der Waals surface area (Å²) < 4.78 is 4.06. The molecular weight excluding hydrogens is 422 g/mol. The number of nitrogens with zero attached hydrogens (tertiary/aromatic N) is 6. The van der Waals surface area contributed by atoms with Crippen LogP contribution in [-0.4, -0.2) is 49.9 Å². The van der Waals surface area contributed by atoms with Crippen molar-refractivity contribution in [3.05, 3.63) is 66.1 Å². The molecule has 7 nitrogen and oxygen atoms in total. The molecule has 0 spiro atoms. The van der Waals surface area contributed by atoms with E-state index in [0.717, 1.165) is 46.3 Å². The van der Waals surface area contributed by atoms with E-state index in [1.54, 1.807) is 6.20 Å². The van der Waals surface area contributed by atoms with Crippen molar-refractivity contribution in [1.82, 2.24) is 29.2 Å². The number of benzene rings is 2. The van der Waals surface area contributed by atoms with Crippen LogP contribution >= 0.6 is 11.6 Å². The molecule has 0 saturated carbocycles. The van der Waals surface area contributed by atoms with Gasteiger partial charge < -0.3 is 14.8 Å². The molecule has 0 bridgehead atoms. The van der Waals surface area contributed by atoms with Crippen LogP contribution in [0.5, 0.6) is 0 Å². The van der Waals surface area contributed by atoms with Crippen LogP contribution in [0.1, 0.15) is 0 Å². The molecule has 0 saturated heterocycles. The molecule has 1 N–H and O–H groups in total. The van der Waals surface area contributed by atoms with E-state index in [-0.39, 0.29) is 0 Å². The van der Waals surface area contributed by atoms with Gasteiger partial charge in [0.05, 0.1) is 29.0 Å². The first kappa shape index (κ1) is 20.5. The summed E-state index contributed by atoms with van der Waals surface area (Å²) in [6.07, 6.45) is 5.71. The number of likely N-dealkylation sites (N-methyl/N-ethyl adjacent to an activating group) is 1. The molecule has 0 aliphatic rings. The van der Waals surface area contributed by atoms with Gasteiger partial charge in [0.2, 0.25) is 5.95 Å². The molecule has 32 heavy (non-hydrogen) atoms. The van der Waals surface area contributed by atoms with E-state index < -0.39 is 0 Å². The normalized spacial score (nSPS) is 11.7. The zero-order valence-corrected chi connectivity index (χ0v) is 19.0. The van der Waals surface area contributed by atoms with Crippen molar-refractivity contribution in [3.8, 4) is 11.3 Å². The standard InChI is InChI=1S/C24H24ClN7/c1-30(2)10-11-32-23-16(14-27-32)12-17(13-20(23)25)28-24-26-9-8-21(29-24)19-15-31(3)22-7-5-4-6-18(19)22/h4-9,12-15H,10-11H2,1-3H3,(H,26,28,29). The second kappa shape index (κ2) is 8.26. The molecule has 0 unspecified atom stereocenters. The minimum absolute atomic E-state index is 0.519. The van der Waals surface area contributed by atoms with Gasteiger partial charge in [0.25, 0.3) is 0 Å². The van der Waals surface area contributed by atoms with Crippen LogP contribution in [0.3, 0.4) is 0 Å². The number of anilines is 2. The van der Waals surface area contributed by atoms with E-state index in [0.29, 0.717) is 11.0 Å². The van der Waals surface area contributed by atoms with Crippen molar-refractivity contribution >= 4 is 45.0 Å². The van der Waals surface area contributed by atoms with Crippen LogP contribution in [0.4, 0.5) is 11.6 Å². The first-order valence-corrected chi connectivity index (χ1v) is 10.8. The fourth-order valence-electron chi connectivity index (χ4n) is 3.96. The third-order valence-electron chi connectivity index (χ3n) is 5.53. The maximum Gasteiger partial charge on any atom is 0.227 e. The van der Waals surface area contributed by atoms with Gasteiger partial charge in [0, 0.05) is 53.5 Å². The highest BCUT2D eigenvalue weighted by Gasteiger charge is 2.13. The van der Waals surface area contributed by atoms with Gasteiger partial charge >= 0.3 is 0 Å². The average molecular weight is 446 g/mol. The predicted molar refractivity (Wildman–Crippen MR) is 131 cm³/mol. The minimum atomic E-state index is 0.519.